The standard InChI is InChI=1S/C13H16N4OS/c1-3-17-11(15-16-13(17)19)8-12(18)14-10-6-4-5-9(2)7-10/h4-7H,3,8H2,1-2H3,(H,14,18)(H,16,19). The zero-order valence-corrected chi connectivity index (χ0v) is 11.8. The molecule has 2 N–H and O–H groups in total. The van der Waals surface area contributed by atoms with Gasteiger partial charge in [-0.05, 0) is 43.8 Å². The van der Waals surface area contributed by atoms with Gasteiger partial charge in [0.15, 0.2) is 4.77 Å². The molecular weight excluding hydrogens is 260 g/mol. The Labute approximate surface area is 116 Å². The monoisotopic (exact) mass is 276 g/mol. The minimum atomic E-state index is -0.102. The molecule has 0 bridgehead atoms. The lowest BCUT2D eigenvalue weighted by Gasteiger charge is -2.06. The van der Waals surface area contributed by atoms with Crippen molar-refractivity contribution in [2.45, 2.75) is 26.8 Å². The van der Waals surface area contributed by atoms with Crippen molar-refractivity contribution in [3.8, 4) is 0 Å². The van der Waals surface area contributed by atoms with Crippen molar-refractivity contribution in [3.05, 3.63) is 40.4 Å². The minimum absolute atomic E-state index is 0.102. The van der Waals surface area contributed by atoms with Gasteiger partial charge in [-0.2, -0.15) is 5.10 Å². The number of aromatic nitrogens is 3. The summed E-state index contributed by atoms with van der Waals surface area (Å²) in [4.78, 5) is 12.0. The third kappa shape index (κ3) is 3.29. The van der Waals surface area contributed by atoms with E-state index in [4.69, 9.17) is 12.2 Å². The SMILES string of the molecule is CCn1c(CC(=O)Nc2cccc(C)c2)n[nH]c1=S. The Morgan fingerprint density at radius 1 is 1.53 bits per heavy atom. The molecule has 0 unspecified atom stereocenters. The largest absolute Gasteiger partial charge is 0.326 e. The van der Waals surface area contributed by atoms with Crippen molar-refractivity contribution >= 4 is 23.8 Å². The molecule has 0 atom stereocenters. The zero-order valence-electron chi connectivity index (χ0n) is 10.9. The van der Waals surface area contributed by atoms with Crippen molar-refractivity contribution in [1.29, 1.82) is 0 Å². The van der Waals surface area contributed by atoms with Crippen LogP contribution in [0.2, 0.25) is 0 Å². The first-order chi connectivity index (χ1) is 9.10. The van der Waals surface area contributed by atoms with Gasteiger partial charge >= 0.3 is 0 Å². The zero-order chi connectivity index (χ0) is 13.8. The molecule has 1 aromatic heterocycles. The van der Waals surface area contributed by atoms with Crippen LogP contribution >= 0.6 is 12.2 Å². The highest BCUT2D eigenvalue weighted by atomic mass is 32.1. The lowest BCUT2D eigenvalue weighted by molar-refractivity contribution is -0.115. The van der Waals surface area contributed by atoms with Gasteiger partial charge < -0.3 is 9.88 Å². The van der Waals surface area contributed by atoms with Crippen LogP contribution in [0.15, 0.2) is 24.3 Å². The van der Waals surface area contributed by atoms with Gasteiger partial charge in [-0.15, -0.1) is 0 Å². The number of nitrogens with one attached hydrogen (secondary N) is 2. The fraction of sp³-hybridized carbons (Fsp3) is 0.308. The van der Waals surface area contributed by atoms with Crippen LogP contribution in [0.3, 0.4) is 0 Å². The molecule has 1 heterocycles. The maximum absolute atomic E-state index is 12.0. The maximum Gasteiger partial charge on any atom is 0.232 e. The summed E-state index contributed by atoms with van der Waals surface area (Å²) in [5, 5.41) is 9.62. The first-order valence-electron chi connectivity index (χ1n) is 6.10. The molecule has 6 heteroatoms. The van der Waals surface area contributed by atoms with E-state index in [0.717, 1.165) is 11.3 Å². The molecule has 0 aliphatic heterocycles. The lowest BCUT2D eigenvalue weighted by Crippen LogP contribution is -2.17. The van der Waals surface area contributed by atoms with Crippen molar-refractivity contribution in [3.63, 3.8) is 0 Å². The molecule has 0 spiro atoms. The Balaban J connectivity index is 2.07. The van der Waals surface area contributed by atoms with E-state index in [2.05, 4.69) is 15.5 Å². The van der Waals surface area contributed by atoms with E-state index in [9.17, 15) is 4.79 Å². The van der Waals surface area contributed by atoms with Gasteiger partial charge in [0.05, 0.1) is 6.42 Å². The molecule has 0 fully saturated rings. The molecular formula is C13H16N4OS. The maximum atomic E-state index is 12.0. The summed E-state index contributed by atoms with van der Waals surface area (Å²) in [6, 6.07) is 7.68. The summed E-state index contributed by atoms with van der Waals surface area (Å²) in [5.74, 6) is 0.548. The topological polar surface area (TPSA) is 62.7 Å². The van der Waals surface area contributed by atoms with Crippen LogP contribution in [-0.2, 0) is 17.8 Å². The fourth-order valence-corrected chi connectivity index (χ4v) is 2.16. The van der Waals surface area contributed by atoms with Gasteiger partial charge in [-0.3, -0.25) is 9.89 Å². The van der Waals surface area contributed by atoms with Gasteiger partial charge in [-0.25, -0.2) is 0 Å². The molecule has 1 aromatic carbocycles. The molecule has 100 valence electrons. The molecule has 0 aliphatic rings. The Morgan fingerprint density at radius 2 is 2.32 bits per heavy atom. The second kappa shape index (κ2) is 5.79. The Hall–Kier alpha value is -1.95. The summed E-state index contributed by atoms with van der Waals surface area (Å²) in [5.41, 5.74) is 1.90. The predicted molar refractivity (Wildman–Crippen MR) is 76.6 cm³/mol. The van der Waals surface area contributed by atoms with Gasteiger partial charge in [0.2, 0.25) is 5.91 Å². The number of aromatic amines is 1. The molecule has 2 aromatic rings. The fourth-order valence-electron chi connectivity index (χ4n) is 1.88. The van der Waals surface area contributed by atoms with E-state index in [1.807, 2.05) is 42.7 Å². The number of H-pyrrole nitrogens is 1. The highest BCUT2D eigenvalue weighted by Crippen LogP contribution is 2.10. The normalized spacial score (nSPS) is 10.4. The van der Waals surface area contributed by atoms with Crippen molar-refractivity contribution < 1.29 is 4.79 Å². The van der Waals surface area contributed by atoms with Gasteiger partial charge in [0.1, 0.15) is 5.82 Å². The summed E-state index contributed by atoms with van der Waals surface area (Å²) >= 11 is 5.08. The number of hydrogen-bond acceptors (Lipinski definition) is 3. The van der Waals surface area contributed by atoms with Crippen molar-refractivity contribution in [2.24, 2.45) is 0 Å². The average Bonchev–Trinajstić information content (AvgIpc) is 2.69. The highest BCUT2D eigenvalue weighted by Gasteiger charge is 2.10. The molecule has 1 amide bonds. The first kappa shape index (κ1) is 13.5. The molecule has 5 nitrogen and oxygen atoms in total. The number of benzene rings is 1. The summed E-state index contributed by atoms with van der Waals surface area (Å²) in [6.45, 7) is 4.65. The molecule has 0 saturated heterocycles. The van der Waals surface area contributed by atoms with Gasteiger partial charge in [0, 0.05) is 12.2 Å². The Bertz CT molecular complexity index is 644. The molecule has 2 rings (SSSR count). The number of nitrogens with zero attached hydrogens (tertiary/aromatic N) is 2. The summed E-state index contributed by atoms with van der Waals surface area (Å²) in [7, 11) is 0. The minimum Gasteiger partial charge on any atom is -0.326 e. The van der Waals surface area contributed by atoms with Crippen molar-refractivity contribution in [2.75, 3.05) is 5.32 Å². The number of hydrogen-bond donors (Lipinski definition) is 2. The molecule has 0 radical (unpaired) electrons. The number of carbonyl (C=O) groups excluding carboxylic acids is 1. The van der Waals surface area contributed by atoms with Crippen molar-refractivity contribution in [1.82, 2.24) is 14.8 Å². The van der Waals surface area contributed by atoms with Gasteiger partial charge in [-0.1, -0.05) is 12.1 Å². The second-order valence-electron chi connectivity index (χ2n) is 4.28. The van der Waals surface area contributed by atoms with E-state index in [0.29, 0.717) is 17.1 Å². The quantitative estimate of drug-likeness (QED) is 0.843. The summed E-state index contributed by atoms with van der Waals surface area (Å²) in [6.07, 6.45) is 0.203. The van der Waals surface area contributed by atoms with Crippen LogP contribution in [0, 0.1) is 11.7 Å². The van der Waals surface area contributed by atoms with Crippen LogP contribution < -0.4 is 5.32 Å². The Morgan fingerprint density at radius 3 is 3.00 bits per heavy atom. The van der Waals surface area contributed by atoms with Crippen LogP contribution in [0.4, 0.5) is 5.69 Å². The lowest BCUT2D eigenvalue weighted by atomic mass is 10.2. The predicted octanol–water partition coefficient (Wildman–Crippen LogP) is 2.45. The third-order valence-corrected chi connectivity index (χ3v) is 3.09. The van der Waals surface area contributed by atoms with E-state index >= 15 is 0 Å². The number of anilines is 1. The molecule has 0 saturated carbocycles. The number of aryl methyl sites for hydroxylation is 1. The smallest absolute Gasteiger partial charge is 0.232 e. The van der Waals surface area contributed by atoms with Crippen LogP contribution in [-0.4, -0.2) is 20.7 Å². The summed E-state index contributed by atoms with van der Waals surface area (Å²) < 4.78 is 2.35. The molecule has 19 heavy (non-hydrogen) atoms. The van der Waals surface area contributed by atoms with E-state index < -0.39 is 0 Å². The molecule has 0 aliphatic carbocycles. The number of amides is 1. The van der Waals surface area contributed by atoms with E-state index in [-0.39, 0.29) is 12.3 Å². The third-order valence-electron chi connectivity index (χ3n) is 2.77. The van der Waals surface area contributed by atoms with Crippen LogP contribution in [0.1, 0.15) is 18.3 Å². The highest BCUT2D eigenvalue weighted by molar-refractivity contribution is 7.71. The van der Waals surface area contributed by atoms with Crippen LogP contribution in [0.5, 0.6) is 0 Å². The van der Waals surface area contributed by atoms with Gasteiger partial charge in [0.25, 0.3) is 0 Å². The van der Waals surface area contributed by atoms with Crippen LogP contribution in [0.25, 0.3) is 0 Å². The number of rotatable bonds is 4. The Kier molecular flexibility index (Phi) is 4.11. The second-order valence-corrected chi connectivity index (χ2v) is 4.67. The first-order valence-corrected chi connectivity index (χ1v) is 6.51. The van der Waals surface area contributed by atoms with E-state index in [1.165, 1.54) is 0 Å². The van der Waals surface area contributed by atoms with E-state index in [1.54, 1.807) is 0 Å². The average molecular weight is 276 g/mol. The number of carbonyl (C=O) groups is 1.